The van der Waals surface area contributed by atoms with Gasteiger partial charge in [0.05, 0.1) is 16.0 Å². The lowest BCUT2D eigenvalue weighted by molar-refractivity contribution is 0.0965. The van der Waals surface area contributed by atoms with Gasteiger partial charge in [0.1, 0.15) is 12.2 Å². The van der Waals surface area contributed by atoms with Gasteiger partial charge in [-0.3, -0.25) is 9.59 Å². The zero-order valence-electron chi connectivity index (χ0n) is 14.7. The van der Waals surface area contributed by atoms with Crippen LogP contribution in [0.1, 0.15) is 15.4 Å². The third-order valence-corrected chi connectivity index (χ3v) is 5.33. The Hall–Kier alpha value is -3.46. The van der Waals surface area contributed by atoms with Crippen molar-refractivity contribution in [2.24, 2.45) is 0 Å². The molecule has 0 fully saturated rings. The highest BCUT2D eigenvalue weighted by Crippen LogP contribution is 2.33. The average Bonchev–Trinajstić information content (AvgIpc) is 3.43. The Labute approximate surface area is 162 Å². The number of rotatable bonds is 4. The normalized spacial score (nSPS) is 12.6. The first-order valence-corrected chi connectivity index (χ1v) is 9.27. The Balaban J connectivity index is 1.58. The van der Waals surface area contributed by atoms with Gasteiger partial charge in [-0.1, -0.05) is 0 Å². The number of ether oxygens (including phenoxy) is 2. The molecule has 1 aliphatic rings. The van der Waals surface area contributed by atoms with Crippen LogP contribution in [-0.4, -0.2) is 27.3 Å². The Bertz CT molecular complexity index is 1270. The molecule has 0 spiro atoms. The highest BCUT2D eigenvalue weighted by Gasteiger charge is 2.21. The Morgan fingerprint density at radius 2 is 2.11 bits per heavy atom. The molecular formula is C19H13N3O5S. The summed E-state index contributed by atoms with van der Waals surface area (Å²) < 4.78 is 17.8. The van der Waals surface area contributed by atoms with Crippen molar-refractivity contribution in [1.82, 2.24) is 14.8 Å². The van der Waals surface area contributed by atoms with Crippen LogP contribution in [0.4, 0.5) is 0 Å². The van der Waals surface area contributed by atoms with E-state index in [2.05, 4.69) is 10.1 Å². The second-order valence-corrected chi connectivity index (χ2v) is 7.39. The smallest absolute Gasteiger partial charge is 0.294 e. The summed E-state index contributed by atoms with van der Waals surface area (Å²) in [6.45, 7) is 1.72. The number of fused-ring (bicyclic) bond motifs is 2. The first-order chi connectivity index (χ1) is 13.6. The summed E-state index contributed by atoms with van der Waals surface area (Å²) in [5, 5.41) is 5.14. The van der Waals surface area contributed by atoms with E-state index in [1.54, 1.807) is 30.3 Å². The van der Waals surface area contributed by atoms with Crippen LogP contribution in [0.15, 0.2) is 45.8 Å². The maximum absolute atomic E-state index is 12.8. The number of aryl methyl sites for hydroxylation is 1. The molecule has 1 aromatic carbocycles. The molecule has 0 unspecified atom stereocenters. The van der Waals surface area contributed by atoms with Crippen molar-refractivity contribution < 1.29 is 18.7 Å². The monoisotopic (exact) mass is 395 g/mol. The van der Waals surface area contributed by atoms with Crippen molar-refractivity contribution in [3.05, 3.63) is 57.5 Å². The lowest BCUT2D eigenvalue weighted by Crippen LogP contribution is -2.27. The molecule has 0 saturated carbocycles. The fourth-order valence-corrected chi connectivity index (χ4v) is 3.95. The number of hydrogen-bond donors (Lipinski definition) is 0. The number of furan rings is 1. The SMILES string of the molecule is Cc1nc2c(=O)n(CC(=O)c3ccc4c(c3)OCO4)nc(-c3ccco3)c2s1. The molecule has 0 bridgehead atoms. The van der Waals surface area contributed by atoms with Crippen LogP contribution in [0.5, 0.6) is 11.5 Å². The molecule has 0 aliphatic carbocycles. The third kappa shape index (κ3) is 2.67. The predicted molar refractivity (Wildman–Crippen MR) is 101 cm³/mol. The van der Waals surface area contributed by atoms with Crippen molar-refractivity contribution in [3.63, 3.8) is 0 Å². The van der Waals surface area contributed by atoms with E-state index in [4.69, 9.17) is 13.9 Å². The molecule has 0 atom stereocenters. The van der Waals surface area contributed by atoms with Crippen LogP contribution in [0.2, 0.25) is 0 Å². The number of carbonyl (C=O) groups excluding carboxylic acids is 1. The number of ketones is 1. The van der Waals surface area contributed by atoms with E-state index in [1.165, 1.54) is 17.6 Å². The molecule has 0 amide bonds. The number of aromatic nitrogens is 3. The topological polar surface area (TPSA) is 96.5 Å². The highest BCUT2D eigenvalue weighted by atomic mass is 32.1. The summed E-state index contributed by atoms with van der Waals surface area (Å²) in [5.74, 6) is 1.34. The van der Waals surface area contributed by atoms with Crippen LogP contribution in [0.25, 0.3) is 21.7 Å². The number of nitrogens with zero attached hydrogens (tertiary/aromatic N) is 3. The maximum Gasteiger partial charge on any atom is 0.294 e. The van der Waals surface area contributed by atoms with Crippen molar-refractivity contribution in [2.75, 3.05) is 6.79 Å². The summed E-state index contributed by atoms with van der Waals surface area (Å²) in [5.41, 5.74) is 0.766. The summed E-state index contributed by atoms with van der Waals surface area (Å²) >= 11 is 1.37. The fraction of sp³-hybridized carbons (Fsp3) is 0.158. The second-order valence-electron chi connectivity index (χ2n) is 6.19. The van der Waals surface area contributed by atoms with Gasteiger partial charge in [-0.15, -0.1) is 11.3 Å². The molecule has 8 nitrogen and oxygen atoms in total. The fourth-order valence-electron chi connectivity index (χ4n) is 3.05. The predicted octanol–water partition coefficient (Wildman–Crippen LogP) is 3.03. The quantitative estimate of drug-likeness (QED) is 0.490. The second kappa shape index (κ2) is 6.31. The molecule has 0 saturated heterocycles. The number of thiazole rings is 1. The van der Waals surface area contributed by atoms with Crippen LogP contribution in [0.3, 0.4) is 0 Å². The van der Waals surface area contributed by atoms with Gasteiger partial charge in [-0.05, 0) is 37.3 Å². The van der Waals surface area contributed by atoms with E-state index in [1.807, 2.05) is 6.92 Å². The van der Waals surface area contributed by atoms with Crippen molar-refractivity contribution in [2.45, 2.75) is 13.5 Å². The molecule has 9 heteroatoms. The van der Waals surface area contributed by atoms with Crippen molar-refractivity contribution >= 4 is 27.3 Å². The number of hydrogen-bond acceptors (Lipinski definition) is 8. The lowest BCUT2D eigenvalue weighted by atomic mass is 10.1. The minimum Gasteiger partial charge on any atom is -0.463 e. The number of benzene rings is 1. The highest BCUT2D eigenvalue weighted by molar-refractivity contribution is 7.19. The Morgan fingerprint density at radius 3 is 2.93 bits per heavy atom. The average molecular weight is 395 g/mol. The molecule has 1 aliphatic heterocycles. The van der Waals surface area contributed by atoms with E-state index >= 15 is 0 Å². The van der Waals surface area contributed by atoms with Crippen LogP contribution >= 0.6 is 11.3 Å². The first-order valence-electron chi connectivity index (χ1n) is 8.45. The van der Waals surface area contributed by atoms with Crippen molar-refractivity contribution in [1.29, 1.82) is 0 Å². The van der Waals surface area contributed by atoms with Gasteiger partial charge in [-0.25, -0.2) is 9.67 Å². The van der Waals surface area contributed by atoms with E-state index in [9.17, 15) is 9.59 Å². The lowest BCUT2D eigenvalue weighted by Gasteiger charge is -2.07. The van der Waals surface area contributed by atoms with Gasteiger partial charge in [0.25, 0.3) is 5.56 Å². The standard InChI is InChI=1S/C19H13N3O5S/c1-10-20-17-18(28-10)16(14-3-2-6-25-14)21-22(19(17)24)8-12(23)11-4-5-13-15(7-11)27-9-26-13/h2-7H,8-9H2,1H3. The minimum atomic E-state index is -0.413. The molecule has 3 aromatic heterocycles. The molecular weight excluding hydrogens is 382 g/mol. The zero-order chi connectivity index (χ0) is 19.3. The van der Waals surface area contributed by atoms with Gasteiger partial charge in [0, 0.05) is 5.56 Å². The summed E-state index contributed by atoms with van der Waals surface area (Å²) in [4.78, 5) is 29.9. The van der Waals surface area contributed by atoms with Crippen LogP contribution < -0.4 is 15.0 Å². The van der Waals surface area contributed by atoms with E-state index < -0.39 is 5.56 Å². The molecule has 0 N–H and O–H groups in total. The Kier molecular flexibility index (Phi) is 3.76. The van der Waals surface area contributed by atoms with Gasteiger partial charge in [-0.2, -0.15) is 5.10 Å². The maximum atomic E-state index is 12.8. The molecule has 0 radical (unpaired) electrons. The van der Waals surface area contributed by atoms with Gasteiger partial charge in [0.15, 0.2) is 28.6 Å². The van der Waals surface area contributed by atoms with Crippen LogP contribution in [0, 0.1) is 6.92 Å². The number of Topliss-reactive ketones (excluding diaryl/α,β-unsaturated/α-hetero) is 1. The van der Waals surface area contributed by atoms with Gasteiger partial charge >= 0.3 is 0 Å². The largest absolute Gasteiger partial charge is 0.463 e. The van der Waals surface area contributed by atoms with Gasteiger partial charge < -0.3 is 13.9 Å². The van der Waals surface area contributed by atoms with Crippen molar-refractivity contribution in [3.8, 4) is 23.0 Å². The van der Waals surface area contributed by atoms with E-state index in [0.29, 0.717) is 33.2 Å². The molecule has 4 aromatic rings. The third-order valence-electron chi connectivity index (χ3n) is 4.35. The van der Waals surface area contributed by atoms with Gasteiger partial charge in [0.2, 0.25) is 6.79 Å². The summed E-state index contributed by atoms with van der Waals surface area (Å²) in [7, 11) is 0. The summed E-state index contributed by atoms with van der Waals surface area (Å²) in [6, 6.07) is 8.41. The van der Waals surface area contributed by atoms with E-state index in [-0.39, 0.29) is 24.6 Å². The first kappa shape index (κ1) is 16.7. The molecule has 4 heterocycles. The van der Waals surface area contributed by atoms with E-state index in [0.717, 1.165) is 9.69 Å². The number of carbonyl (C=O) groups is 1. The van der Waals surface area contributed by atoms with Crippen LogP contribution in [-0.2, 0) is 6.54 Å². The Morgan fingerprint density at radius 1 is 1.25 bits per heavy atom. The molecule has 5 rings (SSSR count). The zero-order valence-corrected chi connectivity index (χ0v) is 15.5. The molecule has 140 valence electrons. The minimum absolute atomic E-state index is 0.125. The molecule has 28 heavy (non-hydrogen) atoms. The summed E-state index contributed by atoms with van der Waals surface area (Å²) in [6.07, 6.45) is 1.53.